The second kappa shape index (κ2) is 11.2. The number of carbonyl (C=O) groups excluding carboxylic acids is 1. The van der Waals surface area contributed by atoms with Gasteiger partial charge in [0.1, 0.15) is 11.6 Å². The zero-order valence-electron chi connectivity index (χ0n) is 15.6. The molecule has 0 bridgehead atoms. The lowest BCUT2D eigenvalue weighted by molar-refractivity contribution is -0.118. The summed E-state index contributed by atoms with van der Waals surface area (Å²) >= 11 is 7.11. The van der Waals surface area contributed by atoms with E-state index in [1.54, 1.807) is 12.1 Å². The van der Waals surface area contributed by atoms with Crippen LogP contribution in [0.5, 0.6) is 5.75 Å². The lowest BCUT2D eigenvalue weighted by Gasteiger charge is -2.10. The lowest BCUT2D eigenvalue weighted by Crippen LogP contribution is -2.26. The molecule has 6 heteroatoms. The first-order valence-electron chi connectivity index (χ1n) is 8.98. The zero-order chi connectivity index (χ0) is 19.6. The molecule has 0 spiro atoms. The van der Waals surface area contributed by atoms with Crippen LogP contribution in [0.3, 0.4) is 0 Å². The molecule has 0 heterocycles. The highest BCUT2D eigenvalue weighted by molar-refractivity contribution is 7.99. The molecule has 2 aromatic carbocycles. The first-order chi connectivity index (χ1) is 12.9. The minimum Gasteiger partial charge on any atom is -0.491 e. The van der Waals surface area contributed by atoms with E-state index in [1.807, 2.05) is 26.0 Å². The smallest absolute Gasteiger partial charge is 0.230 e. The van der Waals surface area contributed by atoms with Crippen molar-refractivity contribution >= 4 is 29.3 Å². The van der Waals surface area contributed by atoms with Crippen LogP contribution >= 0.6 is 23.4 Å². The van der Waals surface area contributed by atoms with Crippen molar-refractivity contribution in [2.24, 2.45) is 0 Å². The van der Waals surface area contributed by atoms with E-state index >= 15 is 0 Å². The molecule has 0 unspecified atom stereocenters. The number of rotatable bonds is 10. The van der Waals surface area contributed by atoms with Crippen LogP contribution in [0.15, 0.2) is 42.5 Å². The van der Waals surface area contributed by atoms with Crippen LogP contribution in [-0.4, -0.2) is 24.3 Å². The Labute approximate surface area is 169 Å². The van der Waals surface area contributed by atoms with E-state index in [0.29, 0.717) is 28.6 Å². The second-order valence-electron chi connectivity index (χ2n) is 6.49. The van der Waals surface area contributed by atoms with Crippen molar-refractivity contribution < 1.29 is 13.9 Å². The van der Waals surface area contributed by atoms with Crippen molar-refractivity contribution in [3.05, 3.63) is 64.4 Å². The molecule has 0 aliphatic heterocycles. The Morgan fingerprint density at radius 2 is 1.96 bits per heavy atom. The molecule has 3 nitrogen and oxygen atoms in total. The summed E-state index contributed by atoms with van der Waals surface area (Å²) in [6, 6.07) is 12.6. The highest BCUT2D eigenvalue weighted by atomic mass is 35.5. The predicted molar refractivity (Wildman–Crippen MR) is 111 cm³/mol. The maximum atomic E-state index is 13.7. The summed E-state index contributed by atoms with van der Waals surface area (Å²) < 4.78 is 19.3. The van der Waals surface area contributed by atoms with Crippen LogP contribution in [0.4, 0.5) is 4.39 Å². The number of thioether (sulfide) groups is 1. The van der Waals surface area contributed by atoms with Crippen molar-refractivity contribution in [2.45, 2.75) is 38.5 Å². The standard InChI is InChI=1S/C21H25ClFNO2S/c1-15(2)26-19-9-5-16(6-10-19)4-3-11-24-21(25)14-27-13-17-7-8-18(22)12-20(17)23/h5-10,12,15H,3-4,11,13-14H2,1-2H3,(H,24,25). The molecule has 2 aromatic rings. The number of halogens is 2. The maximum absolute atomic E-state index is 13.7. The molecule has 0 aliphatic rings. The Kier molecular flexibility index (Phi) is 8.95. The molecule has 0 saturated carbocycles. The van der Waals surface area contributed by atoms with E-state index in [9.17, 15) is 9.18 Å². The maximum Gasteiger partial charge on any atom is 0.230 e. The van der Waals surface area contributed by atoms with Crippen LogP contribution in [-0.2, 0) is 17.0 Å². The predicted octanol–water partition coefficient (Wildman–Crippen LogP) is 5.25. The summed E-state index contributed by atoms with van der Waals surface area (Å²) in [6.07, 6.45) is 1.93. The van der Waals surface area contributed by atoms with Gasteiger partial charge in [-0.1, -0.05) is 29.8 Å². The summed E-state index contributed by atoms with van der Waals surface area (Å²) in [5.74, 6) is 1.26. The topological polar surface area (TPSA) is 38.3 Å². The van der Waals surface area contributed by atoms with Gasteiger partial charge in [-0.25, -0.2) is 4.39 Å². The molecule has 2 rings (SSSR count). The van der Waals surface area contributed by atoms with E-state index < -0.39 is 0 Å². The molecule has 27 heavy (non-hydrogen) atoms. The molecule has 0 radical (unpaired) electrons. The van der Waals surface area contributed by atoms with Crippen LogP contribution in [0.25, 0.3) is 0 Å². The first-order valence-corrected chi connectivity index (χ1v) is 10.5. The molecule has 0 fully saturated rings. The number of nitrogens with one attached hydrogen (secondary N) is 1. The minimum absolute atomic E-state index is 0.0324. The van der Waals surface area contributed by atoms with Gasteiger partial charge in [0.2, 0.25) is 5.91 Å². The van der Waals surface area contributed by atoms with E-state index in [1.165, 1.54) is 23.4 Å². The molecule has 0 aliphatic carbocycles. The van der Waals surface area contributed by atoms with Crippen LogP contribution in [0, 0.1) is 5.82 Å². The number of carbonyl (C=O) groups is 1. The van der Waals surface area contributed by atoms with Gasteiger partial charge in [0, 0.05) is 17.3 Å². The Morgan fingerprint density at radius 3 is 2.63 bits per heavy atom. The fourth-order valence-electron chi connectivity index (χ4n) is 2.47. The summed E-state index contributed by atoms with van der Waals surface area (Å²) in [7, 11) is 0. The van der Waals surface area contributed by atoms with Gasteiger partial charge in [-0.2, -0.15) is 0 Å². The second-order valence-corrected chi connectivity index (χ2v) is 7.91. The van der Waals surface area contributed by atoms with Crippen molar-refractivity contribution in [1.82, 2.24) is 5.32 Å². The largest absolute Gasteiger partial charge is 0.491 e. The van der Waals surface area contributed by atoms with E-state index in [4.69, 9.17) is 16.3 Å². The normalized spacial score (nSPS) is 10.9. The molecule has 0 atom stereocenters. The molecule has 1 N–H and O–H groups in total. The Bertz CT molecular complexity index is 737. The zero-order valence-corrected chi connectivity index (χ0v) is 17.2. The quantitative estimate of drug-likeness (QED) is 0.545. The average molecular weight is 410 g/mol. The highest BCUT2D eigenvalue weighted by Crippen LogP contribution is 2.19. The Morgan fingerprint density at radius 1 is 1.22 bits per heavy atom. The van der Waals surface area contributed by atoms with Gasteiger partial charge >= 0.3 is 0 Å². The lowest BCUT2D eigenvalue weighted by atomic mass is 10.1. The van der Waals surface area contributed by atoms with Crippen molar-refractivity contribution in [1.29, 1.82) is 0 Å². The van der Waals surface area contributed by atoms with Gasteiger partial charge in [0.05, 0.1) is 11.9 Å². The van der Waals surface area contributed by atoms with Crippen molar-refractivity contribution in [3.8, 4) is 5.75 Å². The number of hydrogen-bond acceptors (Lipinski definition) is 3. The van der Waals surface area contributed by atoms with Gasteiger partial charge in [-0.3, -0.25) is 4.79 Å². The number of ether oxygens (including phenoxy) is 1. The van der Waals surface area contributed by atoms with Gasteiger partial charge in [0.25, 0.3) is 0 Å². The molecular weight excluding hydrogens is 385 g/mol. The van der Waals surface area contributed by atoms with Crippen molar-refractivity contribution in [3.63, 3.8) is 0 Å². The number of benzene rings is 2. The Balaban J connectivity index is 1.60. The van der Waals surface area contributed by atoms with Gasteiger partial charge in [0.15, 0.2) is 0 Å². The van der Waals surface area contributed by atoms with Crippen LogP contribution in [0.1, 0.15) is 31.4 Å². The molecular formula is C21H25ClFNO2S. The fourth-order valence-corrected chi connectivity index (χ4v) is 3.47. The van der Waals surface area contributed by atoms with E-state index in [-0.39, 0.29) is 17.8 Å². The first kappa shape index (κ1) is 21.6. The molecule has 0 saturated heterocycles. The number of aryl methyl sites for hydroxylation is 1. The summed E-state index contributed by atoms with van der Waals surface area (Å²) in [6.45, 7) is 4.63. The average Bonchev–Trinajstić information content (AvgIpc) is 2.61. The van der Waals surface area contributed by atoms with E-state index in [0.717, 1.165) is 18.6 Å². The van der Waals surface area contributed by atoms with E-state index in [2.05, 4.69) is 17.4 Å². The third-order valence-electron chi connectivity index (χ3n) is 3.77. The van der Waals surface area contributed by atoms with Crippen molar-refractivity contribution in [2.75, 3.05) is 12.3 Å². The van der Waals surface area contributed by atoms with Gasteiger partial charge in [-0.15, -0.1) is 11.8 Å². The Hall–Kier alpha value is -1.72. The van der Waals surface area contributed by atoms with Crippen LogP contribution < -0.4 is 10.1 Å². The number of hydrogen-bond donors (Lipinski definition) is 1. The van der Waals surface area contributed by atoms with Gasteiger partial charge in [-0.05, 0) is 62.1 Å². The van der Waals surface area contributed by atoms with Gasteiger partial charge < -0.3 is 10.1 Å². The molecule has 1 amide bonds. The van der Waals surface area contributed by atoms with Crippen LogP contribution in [0.2, 0.25) is 5.02 Å². The third kappa shape index (κ3) is 8.22. The SMILES string of the molecule is CC(C)Oc1ccc(CCCNC(=O)CSCc2ccc(Cl)cc2F)cc1. The molecule has 0 aromatic heterocycles. The summed E-state index contributed by atoms with van der Waals surface area (Å²) in [5, 5.41) is 3.28. The minimum atomic E-state index is -0.333. The summed E-state index contributed by atoms with van der Waals surface area (Å²) in [4.78, 5) is 11.9. The third-order valence-corrected chi connectivity index (χ3v) is 4.98. The highest BCUT2D eigenvalue weighted by Gasteiger charge is 2.06. The summed E-state index contributed by atoms with van der Waals surface area (Å²) in [5.41, 5.74) is 1.77. The fraction of sp³-hybridized carbons (Fsp3) is 0.381. The monoisotopic (exact) mass is 409 g/mol. The number of amides is 1. The molecule has 146 valence electrons.